The minimum absolute atomic E-state index is 0.00865. The number of nitrogens with zero attached hydrogens (tertiary/aromatic N) is 1. The molecule has 3 nitrogen and oxygen atoms in total. The molecule has 1 aromatic heterocycles. The van der Waals surface area contributed by atoms with Gasteiger partial charge in [-0.3, -0.25) is 0 Å². The smallest absolute Gasteiger partial charge is 0.383 e. The maximum Gasteiger partial charge on any atom is 0.383 e. The number of aromatic nitrogens is 1. The quantitative estimate of drug-likeness (QED) is 0.798. The van der Waals surface area contributed by atoms with E-state index in [9.17, 15) is 18.0 Å². The molecule has 0 saturated heterocycles. The van der Waals surface area contributed by atoms with Crippen LogP contribution in [0.3, 0.4) is 0 Å². The number of benzene rings is 1. The van der Waals surface area contributed by atoms with E-state index in [-0.39, 0.29) is 10.9 Å². The molecule has 0 aliphatic rings. The molecule has 0 atom stereocenters. The summed E-state index contributed by atoms with van der Waals surface area (Å²) >= 11 is 9.42. The van der Waals surface area contributed by atoms with Gasteiger partial charge in [0.25, 0.3) is 5.89 Å². The predicted molar refractivity (Wildman–Crippen MR) is 59.7 cm³/mol. The highest BCUT2D eigenvalue weighted by Gasteiger charge is 2.58. The molecule has 0 spiro atoms. The van der Waals surface area contributed by atoms with E-state index in [1.165, 1.54) is 24.3 Å². The molecular formula is C10H4Cl2F3NO2. The van der Waals surface area contributed by atoms with E-state index in [4.69, 9.17) is 23.2 Å². The van der Waals surface area contributed by atoms with Gasteiger partial charge in [-0.25, -0.2) is 14.2 Å². The summed E-state index contributed by atoms with van der Waals surface area (Å²) in [6.07, 6.45) is 0. The van der Waals surface area contributed by atoms with Gasteiger partial charge in [-0.15, -0.1) is 0 Å². The van der Waals surface area contributed by atoms with Crippen molar-refractivity contribution in [1.29, 1.82) is 0 Å². The van der Waals surface area contributed by atoms with E-state index >= 15 is 0 Å². The van der Waals surface area contributed by atoms with E-state index < -0.39 is 22.0 Å². The Morgan fingerprint density at radius 3 is 2.39 bits per heavy atom. The number of hydrogen-bond acceptors (Lipinski definition) is 3. The third-order valence-electron chi connectivity index (χ3n) is 2.16. The van der Waals surface area contributed by atoms with Crippen molar-refractivity contribution in [3.05, 3.63) is 40.6 Å². The van der Waals surface area contributed by atoms with E-state index in [0.29, 0.717) is 0 Å². The fraction of sp³-hybridized carbons (Fsp3) is 0.200. The molecule has 8 heteroatoms. The van der Waals surface area contributed by atoms with Crippen molar-refractivity contribution < 1.29 is 17.6 Å². The van der Waals surface area contributed by atoms with Crippen LogP contribution in [0.5, 0.6) is 0 Å². The summed E-state index contributed by atoms with van der Waals surface area (Å²) in [5, 5.41) is -0.00865. The van der Waals surface area contributed by atoms with Gasteiger partial charge in [0.15, 0.2) is 0 Å². The topological polar surface area (TPSA) is 43.1 Å². The van der Waals surface area contributed by atoms with Gasteiger partial charge in [0, 0.05) is 0 Å². The van der Waals surface area contributed by atoms with E-state index in [1.807, 2.05) is 0 Å². The first-order valence-electron chi connectivity index (χ1n) is 4.58. The minimum atomic E-state index is -4.45. The van der Waals surface area contributed by atoms with Crippen LogP contribution in [0.4, 0.5) is 13.2 Å². The Kier molecular flexibility index (Phi) is 3.03. The molecule has 0 aliphatic carbocycles. The Morgan fingerprint density at radius 1 is 1.17 bits per heavy atom. The third kappa shape index (κ3) is 2.06. The van der Waals surface area contributed by atoms with Crippen LogP contribution in [0.2, 0.25) is 0 Å². The van der Waals surface area contributed by atoms with Crippen LogP contribution in [0, 0.1) is 0 Å². The monoisotopic (exact) mass is 297 g/mol. The molecule has 18 heavy (non-hydrogen) atoms. The van der Waals surface area contributed by atoms with Crippen LogP contribution < -0.4 is 5.63 Å². The average molecular weight is 298 g/mol. The summed E-state index contributed by atoms with van der Waals surface area (Å²) in [4.78, 5) is 14.8. The van der Waals surface area contributed by atoms with Gasteiger partial charge in [-0.1, -0.05) is 35.3 Å². The normalized spacial score (nSPS) is 12.9. The Bertz CT molecular complexity index is 651. The lowest BCUT2D eigenvalue weighted by Gasteiger charge is -2.19. The summed E-state index contributed by atoms with van der Waals surface area (Å²) in [5.41, 5.74) is -1.14. The summed E-state index contributed by atoms with van der Waals surface area (Å²) in [5.74, 6) is -5.92. The first-order valence-corrected chi connectivity index (χ1v) is 5.34. The van der Waals surface area contributed by atoms with E-state index in [2.05, 4.69) is 9.40 Å². The second-order valence-corrected chi connectivity index (χ2v) is 4.63. The largest absolute Gasteiger partial charge is 0.401 e. The van der Waals surface area contributed by atoms with E-state index in [0.717, 1.165) is 0 Å². The summed E-state index contributed by atoms with van der Waals surface area (Å²) in [7, 11) is 0. The van der Waals surface area contributed by atoms with Gasteiger partial charge in [-0.2, -0.15) is 8.78 Å². The molecule has 1 aromatic carbocycles. The molecule has 96 valence electrons. The first kappa shape index (κ1) is 13.2. The highest BCUT2D eigenvalue weighted by molar-refractivity contribution is 6.47. The van der Waals surface area contributed by atoms with Gasteiger partial charge in [0.2, 0.25) is 0 Å². The fourth-order valence-electron chi connectivity index (χ4n) is 1.27. The molecule has 0 saturated carbocycles. The van der Waals surface area contributed by atoms with Gasteiger partial charge < -0.3 is 4.42 Å². The Morgan fingerprint density at radius 2 is 1.78 bits per heavy atom. The third-order valence-corrected chi connectivity index (χ3v) is 2.63. The van der Waals surface area contributed by atoms with Crippen LogP contribution in [0.1, 0.15) is 5.89 Å². The van der Waals surface area contributed by atoms with Crippen molar-refractivity contribution in [3.8, 4) is 0 Å². The van der Waals surface area contributed by atoms with Crippen LogP contribution in [0.15, 0.2) is 33.5 Å². The second kappa shape index (κ2) is 4.13. The van der Waals surface area contributed by atoms with Crippen molar-refractivity contribution in [3.63, 3.8) is 0 Å². The van der Waals surface area contributed by atoms with Crippen molar-refractivity contribution in [2.75, 3.05) is 0 Å². The number of hydrogen-bond donors (Lipinski definition) is 0. The minimum Gasteiger partial charge on any atom is -0.401 e. The van der Waals surface area contributed by atoms with Crippen molar-refractivity contribution in [2.45, 2.75) is 10.5 Å². The lowest BCUT2D eigenvalue weighted by atomic mass is 10.2. The first-order chi connectivity index (χ1) is 8.23. The molecular weight excluding hydrogens is 294 g/mol. The van der Waals surface area contributed by atoms with Crippen LogP contribution in [0.25, 0.3) is 10.9 Å². The maximum absolute atomic E-state index is 13.4. The van der Waals surface area contributed by atoms with Crippen LogP contribution in [-0.4, -0.2) is 9.57 Å². The van der Waals surface area contributed by atoms with Crippen molar-refractivity contribution >= 4 is 34.1 Å². The van der Waals surface area contributed by atoms with Crippen molar-refractivity contribution in [1.82, 2.24) is 4.98 Å². The lowest BCUT2D eigenvalue weighted by molar-refractivity contribution is -0.0885. The predicted octanol–water partition coefficient (Wildman–Crippen LogP) is 3.38. The lowest BCUT2D eigenvalue weighted by Crippen LogP contribution is -2.33. The summed E-state index contributed by atoms with van der Waals surface area (Å²) in [6.45, 7) is 0. The Hall–Kier alpha value is -1.27. The molecule has 0 aliphatic heterocycles. The molecule has 1 heterocycles. The van der Waals surface area contributed by atoms with Crippen molar-refractivity contribution in [2.24, 2.45) is 0 Å². The Balaban J connectivity index is 2.71. The van der Waals surface area contributed by atoms with E-state index in [1.54, 1.807) is 0 Å². The summed E-state index contributed by atoms with van der Waals surface area (Å²) in [6, 6.07) is 5.61. The molecule has 0 radical (unpaired) electrons. The molecule has 0 amide bonds. The molecule has 0 bridgehead atoms. The average Bonchev–Trinajstić information content (AvgIpc) is 2.27. The zero-order valence-electron chi connectivity index (χ0n) is 8.46. The molecule has 2 rings (SSSR count). The number of fused-ring (bicyclic) bond motifs is 1. The number of alkyl halides is 5. The highest BCUT2D eigenvalue weighted by Crippen LogP contribution is 2.46. The van der Waals surface area contributed by atoms with Gasteiger partial charge in [-0.05, 0) is 12.1 Å². The highest BCUT2D eigenvalue weighted by atomic mass is 35.5. The number of halogens is 5. The molecule has 2 aromatic rings. The van der Waals surface area contributed by atoms with Gasteiger partial charge in [0.1, 0.15) is 0 Å². The second-order valence-electron chi connectivity index (χ2n) is 3.40. The fourth-order valence-corrected chi connectivity index (χ4v) is 1.44. The number of rotatable bonds is 2. The van der Waals surface area contributed by atoms with Crippen LogP contribution in [-0.2, 0) is 5.92 Å². The molecule has 0 unspecified atom stereocenters. The number of para-hydroxylation sites is 1. The molecule has 0 N–H and O–H groups in total. The van der Waals surface area contributed by atoms with Gasteiger partial charge >= 0.3 is 16.1 Å². The maximum atomic E-state index is 13.4. The summed E-state index contributed by atoms with van der Waals surface area (Å²) < 4.78 is 40.2. The standard InChI is InChI=1S/C10H4Cl2F3NO2/c11-10(12,15)9(13,14)8-16-6-4-2-1-3-5(6)7(17)18-8/h1-4H. The van der Waals surface area contributed by atoms with Crippen LogP contribution >= 0.6 is 23.2 Å². The SMILES string of the molecule is O=c1oc(C(F)(F)C(F)(Cl)Cl)nc2ccccc12. The van der Waals surface area contributed by atoms with Gasteiger partial charge in [0.05, 0.1) is 10.9 Å². The molecule has 0 fully saturated rings. The zero-order valence-corrected chi connectivity index (χ0v) is 9.97. The Labute approximate surface area is 108 Å². The zero-order chi connectivity index (χ0) is 13.6.